The van der Waals surface area contributed by atoms with E-state index in [0.29, 0.717) is 22.6 Å². The molecule has 1 N–H and O–H groups in total. The van der Waals surface area contributed by atoms with Crippen LogP contribution in [0.15, 0.2) is 66.0 Å². The van der Waals surface area contributed by atoms with E-state index in [1.807, 2.05) is 32.0 Å². The minimum Gasteiger partial charge on any atom is -0.490 e. The van der Waals surface area contributed by atoms with Crippen molar-refractivity contribution in [3.8, 4) is 23.3 Å². The number of fused-ring (bicyclic) bond motifs is 1. The Labute approximate surface area is 337 Å². The fraction of sp³-hybridized carbons (Fsp3) is 0.350. The van der Waals surface area contributed by atoms with Crippen LogP contribution in [-0.2, 0) is 38.0 Å². The van der Waals surface area contributed by atoms with Crippen molar-refractivity contribution in [2.75, 3.05) is 19.5 Å². The average molecular weight is 840 g/mol. The van der Waals surface area contributed by atoms with E-state index < -0.39 is 76.8 Å². The largest absolute Gasteiger partial charge is 0.490 e. The monoisotopic (exact) mass is 839 g/mol. The molecule has 6 rings (SSSR count). The van der Waals surface area contributed by atoms with E-state index in [-0.39, 0.29) is 58.8 Å². The highest BCUT2D eigenvalue weighted by molar-refractivity contribution is 7.90. The van der Waals surface area contributed by atoms with Gasteiger partial charge in [0.25, 0.3) is 11.8 Å². The van der Waals surface area contributed by atoms with Crippen LogP contribution < -0.4 is 19.5 Å². The van der Waals surface area contributed by atoms with Crippen molar-refractivity contribution >= 4 is 39.2 Å². The molecule has 1 unspecified atom stereocenters. The van der Waals surface area contributed by atoms with Crippen molar-refractivity contribution < 1.29 is 50.2 Å². The van der Waals surface area contributed by atoms with Crippen LogP contribution in [0.3, 0.4) is 0 Å². The van der Waals surface area contributed by atoms with Crippen molar-refractivity contribution in [1.82, 2.24) is 20.2 Å². The number of amides is 3. The van der Waals surface area contributed by atoms with Gasteiger partial charge < -0.3 is 19.1 Å². The number of nitriles is 1. The Hall–Kier alpha value is -5.73. The average Bonchev–Trinajstić information content (AvgIpc) is 3.48. The third kappa shape index (κ3) is 9.35. The van der Waals surface area contributed by atoms with Crippen LogP contribution in [0.2, 0.25) is 5.02 Å². The van der Waals surface area contributed by atoms with Crippen LogP contribution in [0.5, 0.6) is 17.2 Å². The minimum atomic E-state index is -3.58. The number of imide groups is 1. The van der Waals surface area contributed by atoms with Crippen LogP contribution in [-0.4, -0.2) is 72.4 Å². The van der Waals surface area contributed by atoms with E-state index in [4.69, 9.17) is 25.8 Å². The normalized spacial score (nSPS) is 15.8. The number of benzene rings is 3. The number of ether oxygens (including phenoxy) is 3. The maximum atomic E-state index is 14.9. The number of nitrogens with zero attached hydrogens (tertiary/aromatic N) is 4. The lowest BCUT2D eigenvalue weighted by Gasteiger charge is -2.29. The number of sulfone groups is 1. The molecule has 3 heterocycles. The number of carbonyl (C=O) groups is 3. The highest BCUT2D eigenvalue weighted by atomic mass is 35.5. The zero-order valence-corrected chi connectivity index (χ0v) is 33.1. The Balaban J connectivity index is 1.02. The Morgan fingerprint density at radius 1 is 1.00 bits per heavy atom. The molecule has 2 aliphatic rings. The van der Waals surface area contributed by atoms with E-state index in [2.05, 4.69) is 15.3 Å². The molecule has 0 radical (unpaired) electrons. The summed E-state index contributed by atoms with van der Waals surface area (Å²) in [6.45, 7) is 2.73. The predicted octanol–water partition coefficient (Wildman–Crippen LogP) is 6.08. The Morgan fingerprint density at radius 3 is 2.38 bits per heavy atom. The number of hydrogen-bond acceptors (Lipinski definition) is 11. The first-order chi connectivity index (χ1) is 27.4. The van der Waals surface area contributed by atoms with E-state index in [9.17, 15) is 41.2 Å². The standard InChI is InChI=1S/C40H37ClF3N5O8S/c1-39(2,25-4-6-28(7-5-25)57-22-27-10-13-46-38(47-27)58(3,53)54)26-16-23(20-45)35(30(41)18-26)56-15-12-40(43,44)11-14-55-33-17-24-21-49(37(52)29(24)19-31(33)42)32-8-9-34(50)48-36(32)51/h4-7,10,13,16-19,32H,8-9,11-12,14-15,21-22H2,1-3H3,(H,48,50,51). The van der Waals surface area contributed by atoms with Gasteiger partial charge in [0.2, 0.25) is 26.8 Å². The van der Waals surface area contributed by atoms with Gasteiger partial charge in [-0.3, -0.25) is 19.7 Å². The number of halogens is 4. The summed E-state index contributed by atoms with van der Waals surface area (Å²) in [5.74, 6) is -5.76. The first-order valence-corrected chi connectivity index (χ1v) is 20.2. The summed E-state index contributed by atoms with van der Waals surface area (Å²) in [5, 5.41) is 11.9. The summed E-state index contributed by atoms with van der Waals surface area (Å²) in [5.41, 5.74) is 1.61. The molecule has 0 bridgehead atoms. The second-order valence-electron chi connectivity index (χ2n) is 14.4. The number of hydrogen-bond donors (Lipinski definition) is 1. The van der Waals surface area contributed by atoms with Gasteiger partial charge in [-0.05, 0) is 65.6 Å². The van der Waals surface area contributed by atoms with Gasteiger partial charge in [0, 0.05) is 49.2 Å². The number of alkyl halides is 2. The van der Waals surface area contributed by atoms with Crippen LogP contribution in [0.4, 0.5) is 13.2 Å². The molecular weight excluding hydrogens is 803 g/mol. The van der Waals surface area contributed by atoms with Gasteiger partial charge in [-0.15, -0.1) is 0 Å². The highest BCUT2D eigenvalue weighted by Gasteiger charge is 2.40. The van der Waals surface area contributed by atoms with E-state index in [0.717, 1.165) is 17.9 Å². The topological polar surface area (TPSA) is 178 Å². The van der Waals surface area contributed by atoms with Crippen molar-refractivity contribution in [2.24, 2.45) is 0 Å². The molecule has 2 aliphatic heterocycles. The summed E-state index contributed by atoms with van der Waals surface area (Å²) < 4.78 is 85.0. The van der Waals surface area contributed by atoms with E-state index in [1.165, 1.54) is 17.2 Å². The fourth-order valence-electron chi connectivity index (χ4n) is 6.53. The number of aromatic nitrogens is 2. The molecule has 1 atom stereocenters. The van der Waals surface area contributed by atoms with Gasteiger partial charge in [0.15, 0.2) is 17.3 Å². The molecule has 0 spiro atoms. The van der Waals surface area contributed by atoms with E-state index in [1.54, 1.807) is 30.3 Å². The Morgan fingerprint density at radius 2 is 1.71 bits per heavy atom. The molecule has 1 saturated heterocycles. The molecule has 3 aromatic carbocycles. The molecule has 13 nitrogen and oxygen atoms in total. The summed E-state index contributed by atoms with van der Waals surface area (Å²) >= 11 is 6.56. The molecule has 0 saturated carbocycles. The van der Waals surface area contributed by atoms with Crippen LogP contribution >= 0.6 is 11.6 Å². The summed E-state index contributed by atoms with van der Waals surface area (Å²) in [7, 11) is -3.58. The highest BCUT2D eigenvalue weighted by Crippen LogP contribution is 2.39. The van der Waals surface area contributed by atoms with Gasteiger partial charge in [-0.2, -0.15) is 5.26 Å². The van der Waals surface area contributed by atoms with E-state index >= 15 is 0 Å². The van der Waals surface area contributed by atoms with Crippen molar-refractivity contribution in [1.29, 1.82) is 5.26 Å². The molecule has 1 aromatic heterocycles. The molecule has 3 amide bonds. The van der Waals surface area contributed by atoms with Crippen molar-refractivity contribution in [3.05, 3.63) is 105 Å². The second-order valence-corrected chi connectivity index (χ2v) is 16.7. The third-order valence-electron chi connectivity index (χ3n) is 9.89. The summed E-state index contributed by atoms with van der Waals surface area (Å²) in [6, 6.07) is 15.2. The van der Waals surface area contributed by atoms with Gasteiger partial charge in [-0.1, -0.05) is 37.6 Å². The minimum absolute atomic E-state index is 0.00531. The molecular formula is C40H37ClF3N5O8S. The van der Waals surface area contributed by atoms with Crippen LogP contribution in [0.25, 0.3) is 0 Å². The summed E-state index contributed by atoms with van der Waals surface area (Å²) in [4.78, 5) is 45.7. The van der Waals surface area contributed by atoms with Gasteiger partial charge >= 0.3 is 0 Å². The lowest BCUT2D eigenvalue weighted by Crippen LogP contribution is -2.52. The van der Waals surface area contributed by atoms with Crippen LogP contribution in [0.1, 0.15) is 77.8 Å². The zero-order chi connectivity index (χ0) is 42.0. The maximum absolute atomic E-state index is 14.9. The molecule has 58 heavy (non-hydrogen) atoms. The molecule has 0 aliphatic carbocycles. The first-order valence-electron chi connectivity index (χ1n) is 18.0. The van der Waals surface area contributed by atoms with Crippen molar-refractivity contribution in [2.45, 2.75) is 75.2 Å². The molecule has 4 aromatic rings. The third-order valence-corrected chi connectivity index (χ3v) is 11.0. The van der Waals surface area contributed by atoms with Gasteiger partial charge in [0.1, 0.15) is 24.5 Å². The second kappa shape index (κ2) is 16.6. The smallest absolute Gasteiger partial charge is 0.255 e. The SMILES string of the molecule is CC(C)(c1ccc(OCc2ccnc(S(C)(=O)=O)n2)cc1)c1cc(Cl)c(OCCC(F)(F)CCOc2cc3c(cc2F)C(=O)N(C2CCC(=O)NC2=O)C3)c(C#N)c1. The predicted molar refractivity (Wildman–Crippen MR) is 202 cm³/mol. The Kier molecular flexibility index (Phi) is 12.0. The number of carbonyl (C=O) groups excluding carboxylic acids is 3. The number of rotatable bonds is 15. The number of nitrogens with one attached hydrogen (secondary N) is 1. The van der Waals surface area contributed by atoms with Crippen molar-refractivity contribution in [3.63, 3.8) is 0 Å². The Bertz CT molecular complexity index is 2430. The van der Waals surface area contributed by atoms with Crippen LogP contribution in [0, 0.1) is 17.1 Å². The van der Waals surface area contributed by atoms with Gasteiger partial charge in [0.05, 0.1) is 29.5 Å². The summed E-state index contributed by atoms with van der Waals surface area (Å²) in [6.07, 6.45) is 0.978. The number of piperidine rings is 1. The fourth-order valence-corrected chi connectivity index (χ4v) is 7.34. The molecule has 18 heteroatoms. The lowest BCUT2D eigenvalue weighted by atomic mass is 9.77. The maximum Gasteiger partial charge on any atom is 0.255 e. The quantitative estimate of drug-likeness (QED) is 0.108. The molecule has 304 valence electrons. The van der Waals surface area contributed by atoms with Gasteiger partial charge in [-0.25, -0.2) is 31.6 Å². The molecule has 1 fully saturated rings. The first kappa shape index (κ1) is 41.9. The lowest BCUT2D eigenvalue weighted by molar-refractivity contribution is -0.136. The zero-order valence-electron chi connectivity index (χ0n) is 31.5.